The average Bonchev–Trinajstić information content (AvgIpc) is 2.38. The molecule has 0 spiro atoms. The molecule has 1 aromatic carbocycles. The summed E-state index contributed by atoms with van der Waals surface area (Å²) in [5, 5.41) is 18.3. The second kappa shape index (κ2) is 5.48. The van der Waals surface area contributed by atoms with E-state index in [0.717, 1.165) is 10.3 Å². The molecule has 0 aliphatic heterocycles. The van der Waals surface area contributed by atoms with Crippen molar-refractivity contribution in [1.82, 2.24) is 4.73 Å². The Morgan fingerprint density at radius 1 is 1.06 bits per heavy atom. The summed E-state index contributed by atoms with van der Waals surface area (Å²) in [4.78, 5) is 16.9. The normalized spacial score (nSPS) is 10.6. The lowest BCUT2D eigenvalue weighted by Crippen LogP contribution is -2.30. The lowest BCUT2D eigenvalue weighted by Gasteiger charge is -2.14. The van der Waals surface area contributed by atoms with Crippen LogP contribution in [0, 0.1) is 0 Å². The van der Waals surface area contributed by atoms with E-state index in [1.807, 2.05) is 30.3 Å². The van der Waals surface area contributed by atoms with Crippen molar-refractivity contribution in [2.75, 3.05) is 0 Å². The number of benzene rings is 1. The Balaban J connectivity index is 2.21. The summed E-state index contributed by atoms with van der Waals surface area (Å²) < 4.78 is 0.887. The molecule has 2 aromatic rings. The van der Waals surface area contributed by atoms with Crippen LogP contribution in [0.5, 0.6) is 0 Å². The second-order valence-corrected chi connectivity index (χ2v) is 3.72. The highest BCUT2D eigenvalue weighted by Crippen LogP contribution is 2.06. The van der Waals surface area contributed by atoms with Gasteiger partial charge < -0.3 is 15.1 Å². The van der Waals surface area contributed by atoms with E-state index >= 15 is 0 Å². The summed E-state index contributed by atoms with van der Waals surface area (Å²) in [6.45, 7) is 0.171. The van der Waals surface area contributed by atoms with Gasteiger partial charge in [-0.05, 0) is 11.6 Å². The second-order valence-electron chi connectivity index (χ2n) is 3.72. The number of aromatic nitrogens is 1. The summed E-state index contributed by atoms with van der Waals surface area (Å²) in [5.41, 5.74) is 0.432. The van der Waals surface area contributed by atoms with Crippen molar-refractivity contribution in [1.29, 1.82) is 0 Å². The Morgan fingerprint density at radius 3 is 2.44 bits per heavy atom. The lowest BCUT2D eigenvalue weighted by molar-refractivity contribution is -0.0644. The van der Waals surface area contributed by atoms with Gasteiger partial charge in [0.05, 0.1) is 0 Å². The Bertz CT molecular complexity index is 563. The fourth-order valence-corrected chi connectivity index (χ4v) is 1.53. The Kier molecular flexibility index (Phi) is 3.76. The number of aliphatic hydroxyl groups excluding tert-OH is 1. The van der Waals surface area contributed by atoms with Gasteiger partial charge in [0.1, 0.15) is 12.3 Å². The van der Waals surface area contributed by atoms with Crippen LogP contribution in [-0.2, 0) is 6.61 Å². The minimum Gasteiger partial charge on any atom is -0.406 e. The van der Waals surface area contributed by atoms with Crippen LogP contribution in [0.3, 0.4) is 0 Å². The molecule has 0 radical (unpaired) electrons. The van der Waals surface area contributed by atoms with Crippen molar-refractivity contribution in [3.63, 3.8) is 0 Å². The average molecular weight is 247 g/mol. The molecule has 2 rings (SSSR count). The predicted octanol–water partition coefficient (Wildman–Crippen LogP) is 0.460. The first kappa shape index (κ1) is 12.3. The van der Waals surface area contributed by atoms with Crippen LogP contribution in [0.25, 0.3) is 0 Å². The van der Waals surface area contributed by atoms with Crippen LogP contribution in [0.2, 0.25) is 0 Å². The molecule has 0 fully saturated rings. The molecule has 5 nitrogen and oxygen atoms in total. The highest BCUT2D eigenvalue weighted by Gasteiger charge is 2.11. The van der Waals surface area contributed by atoms with Crippen LogP contribution in [0.4, 0.5) is 0 Å². The molecule has 0 bridgehead atoms. The number of rotatable bonds is 4. The lowest BCUT2D eigenvalue weighted by atomic mass is 10.2. The molecule has 0 aliphatic carbocycles. The van der Waals surface area contributed by atoms with E-state index in [9.17, 15) is 4.79 Å². The maximum atomic E-state index is 11.6. The highest BCUT2D eigenvalue weighted by molar-refractivity contribution is 5.13. The molecule has 0 aliphatic rings. The quantitative estimate of drug-likeness (QED) is 0.770. The van der Waals surface area contributed by atoms with E-state index in [2.05, 4.69) is 0 Å². The maximum absolute atomic E-state index is 11.6. The molecule has 0 unspecified atom stereocenters. The topological polar surface area (TPSA) is 71.7 Å². The minimum absolute atomic E-state index is 0.00145. The number of nitrogens with zero attached hydrogens (tertiary/aromatic N) is 1. The Hall–Kier alpha value is -2.11. The van der Waals surface area contributed by atoms with Gasteiger partial charge in [0.25, 0.3) is 5.56 Å². The SMILES string of the molecule is O=c1cccc(C(O)O)n1OCc1ccccc1. The minimum atomic E-state index is -1.75. The summed E-state index contributed by atoms with van der Waals surface area (Å²) in [7, 11) is 0. The highest BCUT2D eigenvalue weighted by atomic mass is 16.7. The van der Waals surface area contributed by atoms with Gasteiger partial charge in [0.15, 0.2) is 6.29 Å². The van der Waals surface area contributed by atoms with E-state index in [1.165, 1.54) is 18.2 Å². The summed E-state index contributed by atoms with van der Waals surface area (Å²) >= 11 is 0. The van der Waals surface area contributed by atoms with Crippen LogP contribution >= 0.6 is 0 Å². The molecule has 0 atom stereocenters. The number of hydrogen-bond acceptors (Lipinski definition) is 4. The van der Waals surface area contributed by atoms with Crippen molar-refractivity contribution in [2.45, 2.75) is 12.9 Å². The summed E-state index contributed by atoms with van der Waals surface area (Å²) in [6, 6.07) is 13.4. The molecular weight excluding hydrogens is 234 g/mol. The van der Waals surface area contributed by atoms with Gasteiger partial charge in [-0.3, -0.25) is 4.79 Å². The van der Waals surface area contributed by atoms with Gasteiger partial charge in [-0.25, -0.2) is 0 Å². The predicted molar refractivity (Wildman–Crippen MR) is 64.6 cm³/mol. The van der Waals surface area contributed by atoms with E-state index < -0.39 is 11.8 Å². The van der Waals surface area contributed by atoms with Gasteiger partial charge in [-0.1, -0.05) is 36.4 Å². The van der Waals surface area contributed by atoms with Gasteiger partial charge in [-0.2, -0.15) is 0 Å². The van der Waals surface area contributed by atoms with Crippen molar-refractivity contribution < 1.29 is 15.1 Å². The fraction of sp³-hybridized carbons (Fsp3) is 0.154. The third kappa shape index (κ3) is 2.77. The van der Waals surface area contributed by atoms with Crippen LogP contribution in [0.15, 0.2) is 53.3 Å². The van der Waals surface area contributed by atoms with Crippen LogP contribution in [0.1, 0.15) is 17.5 Å². The molecule has 94 valence electrons. The van der Waals surface area contributed by atoms with E-state index in [4.69, 9.17) is 15.1 Å². The smallest absolute Gasteiger partial charge is 0.283 e. The van der Waals surface area contributed by atoms with Crippen molar-refractivity contribution in [3.8, 4) is 0 Å². The number of hydrogen-bond donors (Lipinski definition) is 2. The third-order valence-corrected chi connectivity index (χ3v) is 2.41. The Labute approximate surface area is 103 Å². The largest absolute Gasteiger partial charge is 0.406 e. The third-order valence-electron chi connectivity index (χ3n) is 2.41. The van der Waals surface area contributed by atoms with E-state index in [0.29, 0.717) is 0 Å². The first-order valence-electron chi connectivity index (χ1n) is 5.44. The summed E-state index contributed by atoms with van der Waals surface area (Å²) in [5.74, 6) is 0. The maximum Gasteiger partial charge on any atom is 0.283 e. The van der Waals surface area contributed by atoms with E-state index in [-0.39, 0.29) is 12.3 Å². The molecule has 1 aromatic heterocycles. The first-order chi connectivity index (χ1) is 8.68. The number of aliphatic hydroxyl groups is 2. The van der Waals surface area contributed by atoms with Gasteiger partial charge in [-0.15, -0.1) is 4.73 Å². The molecule has 1 heterocycles. The van der Waals surface area contributed by atoms with Crippen molar-refractivity contribution in [2.24, 2.45) is 0 Å². The summed E-state index contributed by atoms with van der Waals surface area (Å²) in [6.07, 6.45) is -1.75. The standard InChI is InChI=1S/C13H13NO4/c15-12-8-4-7-11(13(16)17)14(12)18-9-10-5-2-1-3-6-10/h1-8,13,16-17H,9H2. The van der Waals surface area contributed by atoms with Crippen molar-refractivity contribution in [3.05, 3.63) is 70.1 Å². The molecular formula is C13H13NO4. The monoisotopic (exact) mass is 247 g/mol. The molecule has 5 heteroatoms. The molecule has 0 amide bonds. The Morgan fingerprint density at radius 2 is 1.78 bits per heavy atom. The van der Waals surface area contributed by atoms with E-state index in [1.54, 1.807) is 0 Å². The fourth-order valence-electron chi connectivity index (χ4n) is 1.53. The zero-order valence-corrected chi connectivity index (χ0v) is 9.56. The van der Waals surface area contributed by atoms with Gasteiger partial charge in [0.2, 0.25) is 0 Å². The van der Waals surface area contributed by atoms with Gasteiger partial charge in [0, 0.05) is 6.07 Å². The number of pyridine rings is 1. The zero-order valence-electron chi connectivity index (χ0n) is 9.56. The van der Waals surface area contributed by atoms with Crippen LogP contribution in [-0.4, -0.2) is 14.9 Å². The van der Waals surface area contributed by atoms with Gasteiger partial charge >= 0.3 is 0 Å². The van der Waals surface area contributed by atoms with Crippen LogP contribution < -0.4 is 10.4 Å². The molecule has 18 heavy (non-hydrogen) atoms. The van der Waals surface area contributed by atoms with Crippen molar-refractivity contribution >= 4 is 0 Å². The zero-order chi connectivity index (χ0) is 13.0. The molecule has 2 N–H and O–H groups in total. The molecule has 0 saturated heterocycles. The first-order valence-corrected chi connectivity index (χ1v) is 5.44. The molecule has 0 saturated carbocycles.